The van der Waals surface area contributed by atoms with Crippen LogP contribution in [0.5, 0.6) is 0 Å². The van der Waals surface area contributed by atoms with Crippen molar-refractivity contribution in [3.8, 4) is 0 Å². The van der Waals surface area contributed by atoms with Crippen LogP contribution in [-0.4, -0.2) is 30.1 Å². The highest BCUT2D eigenvalue weighted by Crippen LogP contribution is 2.35. The summed E-state index contributed by atoms with van der Waals surface area (Å²) in [6, 6.07) is 12.0. The Morgan fingerprint density at radius 2 is 1.52 bits per heavy atom. The molecule has 2 N–H and O–H groups in total. The van der Waals surface area contributed by atoms with E-state index in [-0.39, 0.29) is 0 Å². The standard InChI is InChI=1S/C19H30N2/c20-18-12-11-17(16-9-5-4-6-10-16)15-19(18)21-13-7-2-1-3-8-14-21/h4-6,9-10,17-19H,1-3,7-8,11-15,20H2. The average Bonchev–Trinajstić information content (AvgIpc) is 2.49. The Morgan fingerprint density at radius 3 is 2.24 bits per heavy atom. The normalized spacial score (nSPS) is 32.3. The number of hydrogen-bond donors (Lipinski definition) is 1. The van der Waals surface area contributed by atoms with Crippen LogP contribution >= 0.6 is 0 Å². The van der Waals surface area contributed by atoms with Gasteiger partial charge in [-0.25, -0.2) is 0 Å². The zero-order valence-corrected chi connectivity index (χ0v) is 13.2. The summed E-state index contributed by atoms with van der Waals surface area (Å²) in [5.41, 5.74) is 8.01. The fourth-order valence-electron chi connectivity index (χ4n) is 4.22. The smallest absolute Gasteiger partial charge is 0.0253 e. The van der Waals surface area contributed by atoms with Crippen LogP contribution in [0.3, 0.4) is 0 Å². The van der Waals surface area contributed by atoms with E-state index in [1.54, 1.807) is 0 Å². The van der Waals surface area contributed by atoms with Gasteiger partial charge in [-0.3, -0.25) is 4.90 Å². The summed E-state index contributed by atoms with van der Waals surface area (Å²) >= 11 is 0. The van der Waals surface area contributed by atoms with Crippen molar-refractivity contribution >= 4 is 0 Å². The quantitative estimate of drug-likeness (QED) is 0.893. The molecule has 2 aliphatic rings. The highest BCUT2D eigenvalue weighted by Gasteiger charge is 2.32. The number of rotatable bonds is 2. The maximum atomic E-state index is 6.50. The molecule has 3 unspecified atom stereocenters. The lowest BCUT2D eigenvalue weighted by molar-refractivity contribution is 0.118. The predicted octanol–water partition coefficient (Wildman–Crippen LogP) is 3.92. The van der Waals surface area contributed by atoms with E-state index >= 15 is 0 Å². The Balaban J connectivity index is 1.67. The predicted molar refractivity (Wildman–Crippen MR) is 89.5 cm³/mol. The average molecular weight is 286 g/mol. The Bertz CT molecular complexity index is 409. The second kappa shape index (κ2) is 7.42. The lowest BCUT2D eigenvalue weighted by Crippen LogP contribution is -2.51. The zero-order valence-electron chi connectivity index (χ0n) is 13.2. The molecule has 0 bridgehead atoms. The lowest BCUT2D eigenvalue weighted by atomic mass is 9.78. The highest BCUT2D eigenvalue weighted by molar-refractivity contribution is 5.21. The number of likely N-dealkylation sites (tertiary alicyclic amines) is 1. The molecule has 3 rings (SSSR count). The summed E-state index contributed by atoms with van der Waals surface area (Å²) in [6.45, 7) is 2.53. The van der Waals surface area contributed by atoms with Gasteiger partial charge in [0.2, 0.25) is 0 Å². The van der Waals surface area contributed by atoms with Crippen LogP contribution in [0, 0.1) is 0 Å². The molecule has 1 aliphatic carbocycles. The van der Waals surface area contributed by atoms with E-state index in [1.165, 1.54) is 70.0 Å². The molecule has 1 heterocycles. The molecule has 0 aromatic heterocycles. The zero-order chi connectivity index (χ0) is 14.5. The molecule has 21 heavy (non-hydrogen) atoms. The Labute approximate surface area is 129 Å². The van der Waals surface area contributed by atoms with E-state index in [9.17, 15) is 0 Å². The van der Waals surface area contributed by atoms with E-state index in [4.69, 9.17) is 5.73 Å². The molecule has 2 fully saturated rings. The molecule has 1 saturated heterocycles. The van der Waals surface area contributed by atoms with Crippen LogP contribution in [-0.2, 0) is 0 Å². The Kier molecular flexibility index (Phi) is 5.32. The number of nitrogens with zero attached hydrogens (tertiary/aromatic N) is 1. The SMILES string of the molecule is NC1CCC(c2ccccc2)CC1N1CCCCCCC1. The summed E-state index contributed by atoms with van der Waals surface area (Å²) in [7, 11) is 0. The first-order valence-corrected chi connectivity index (χ1v) is 8.89. The largest absolute Gasteiger partial charge is 0.326 e. The summed E-state index contributed by atoms with van der Waals surface area (Å²) in [5.74, 6) is 0.710. The molecule has 1 aromatic carbocycles. The van der Waals surface area contributed by atoms with Crippen molar-refractivity contribution in [2.75, 3.05) is 13.1 Å². The summed E-state index contributed by atoms with van der Waals surface area (Å²) in [6.07, 6.45) is 10.7. The number of hydrogen-bond acceptors (Lipinski definition) is 2. The topological polar surface area (TPSA) is 29.3 Å². The molecule has 2 nitrogen and oxygen atoms in total. The van der Waals surface area contributed by atoms with Gasteiger partial charge >= 0.3 is 0 Å². The number of benzene rings is 1. The first-order chi connectivity index (χ1) is 10.3. The van der Waals surface area contributed by atoms with Gasteiger partial charge in [-0.2, -0.15) is 0 Å². The van der Waals surface area contributed by atoms with Crippen molar-refractivity contribution in [2.45, 2.75) is 69.4 Å². The van der Waals surface area contributed by atoms with E-state index in [0.29, 0.717) is 18.0 Å². The maximum Gasteiger partial charge on any atom is 0.0253 e. The second-order valence-electron chi connectivity index (χ2n) is 6.96. The monoisotopic (exact) mass is 286 g/mol. The van der Waals surface area contributed by atoms with Gasteiger partial charge < -0.3 is 5.73 Å². The van der Waals surface area contributed by atoms with E-state index in [1.807, 2.05) is 0 Å². The van der Waals surface area contributed by atoms with Crippen molar-refractivity contribution in [1.29, 1.82) is 0 Å². The van der Waals surface area contributed by atoms with Crippen molar-refractivity contribution in [3.05, 3.63) is 35.9 Å². The number of nitrogens with two attached hydrogens (primary N) is 1. The van der Waals surface area contributed by atoms with Gasteiger partial charge in [0, 0.05) is 12.1 Å². The van der Waals surface area contributed by atoms with Gasteiger partial charge in [-0.15, -0.1) is 0 Å². The minimum atomic E-state index is 0.379. The van der Waals surface area contributed by atoms with Gasteiger partial charge in [-0.1, -0.05) is 49.6 Å². The molecule has 0 spiro atoms. The van der Waals surface area contributed by atoms with Crippen molar-refractivity contribution in [3.63, 3.8) is 0 Å². The molecule has 1 aromatic rings. The fourth-order valence-corrected chi connectivity index (χ4v) is 4.22. The molecule has 3 atom stereocenters. The van der Waals surface area contributed by atoms with Crippen molar-refractivity contribution in [1.82, 2.24) is 4.90 Å². The molecular formula is C19H30N2. The van der Waals surface area contributed by atoms with Gasteiger partial charge in [0.1, 0.15) is 0 Å². The molecule has 116 valence electrons. The van der Waals surface area contributed by atoms with Crippen LogP contribution < -0.4 is 5.73 Å². The molecule has 2 heteroatoms. The highest BCUT2D eigenvalue weighted by atomic mass is 15.2. The van der Waals surface area contributed by atoms with Gasteiger partial charge in [0.05, 0.1) is 0 Å². The van der Waals surface area contributed by atoms with Crippen LogP contribution in [0.15, 0.2) is 30.3 Å². The second-order valence-corrected chi connectivity index (χ2v) is 6.96. The van der Waals surface area contributed by atoms with Crippen LogP contribution in [0.25, 0.3) is 0 Å². The van der Waals surface area contributed by atoms with E-state index < -0.39 is 0 Å². The third-order valence-corrected chi connectivity index (χ3v) is 5.50. The van der Waals surface area contributed by atoms with E-state index in [2.05, 4.69) is 35.2 Å². The molecule has 1 saturated carbocycles. The molecule has 0 radical (unpaired) electrons. The third-order valence-electron chi connectivity index (χ3n) is 5.50. The van der Waals surface area contributed by atoms with E-state index in [0.717, 1.165) is 0 Å². The fraction of sp³-hybridized carbons (Fsp3) is 0.684. The van der Waals surface area contributed by atoms with Crippen molar-refractivity contribution < 1.29 is 0 Å². The summed E-state index contributed by atoms with van der Waals surface area (Å²) < 4.78 is 0. The van der Waals surface area contributed by atoms with Crippen LogP contribution in [0.4, 0.5) is 0 Å². The van der Waals surface area contributed by atoms with Gasteiger partial charge in [0.15, 0.2) is 0 Å². The van der Waals surface area contributed by atoms with Crippen LogP contribution in [0.1, 0.15) is 62.8 Å². The summed E-state index contributed by atoms with van der Waals surface area (Å²) in [5, 5.41) is 0. The Hall–Kier alpha value is -0.860. The summed E-state index contributed by atoms with van der Waals surface area (Å²) in [4.78, 5) is 2.72. The molecular weight excluding hydrogens is 256 g/mol. The van der Waals surface area contributed by atoms with Crippen molar-refractivity contribution in [2.24, 2.45) is 5.73 Å². The molecule has 1 aliphatic heterocycles. The molecule has 0 amide bonds. The minimum Gasteiger partial charge on any atom is -0.326 e. The van der Waals surface area contributed by atoms with Gasteiger partial charge in [0.25, 0.3) is 0 Å². The Morgan fingerprint density at radius 1 is 0.857 bits per heavy atom. The lowest BCUT2D eigenvalue weighted by Gasteiger charge is -2.42. The minimum absolute atomic E-state index is 0.379. The van der Waals surface area contributed by atoms with Gasteiger partial charge in [-0.05, 0) is 56.7 Å². The first kappa shape index (κ1) is 15.1. The maximum absolute atomic E-state index is 6.50. The third kappa shape index (κ3) is 3.87. The first-order valence-electron chi connectivity index (χ1n) is 8.89. The van der Waals surface area contributed by atoms with Crippen LogP contribution in [0.2, 0.25) is 0 Å².